The number of alkyl halides is 5. The van der Waals surface area contributed by atoms with Crippen LogP contribution in [0.25, 0.3) is 5.82 Å². The molecule has 2 heterocycles. The zero-order chi connectivity index (χ0) is 22.8. The van der Waals surface area contributed by atoms with Crippen molar-refractivity contribution in [1.82, 2.24) is 25.1 Å². The molecule has 13 heteroatoms. The van der Waals surface area contributed by atoms with Crippen molar-refractivity contribution < 1.29 is 35.9 Å². The molecule has 7 nitrogen and oxygen atoms in total. The van der Waals surface area contributed by atoms with E-state index < -0.39 is 47.4 Å². The second-order valence-corrected chi connectivity index (χ2v) is 6.18. The Morgan fingerprint density at radius 2 is 1.90 bits per heavy atom. The van der Waals surface area contributed by atoms with Gasteiger partial charge in [0, 0.05) is 5.56 Å². The molecule has 1 N–H and O–H groups in total. The Bertz CT molecular complexity index is 1070. The van der Waals surface area contributed by atoms with Gasteiger partial charge in [-0.05, 0) is 37.3 Å². The lowest BCUT2D eigenvalue weighted by molar-refractivity contribution is -0.138. The topological polar surface area (TPSA) is 81.9 Å². The van der Waals surface area contributed by atoms with Gasteiger partial charge < -0.3 is 10.1 Å². The van der Waals surface area contributed by atoms with E-state index in [0.29, 0.717) is 12.1 Å². The van der Waals surface area contributed by atoms with Gasteiger partial charge in [-0.25, -0.2) is 14.4 Å². The number of aromatic nitrogens is 4. The summed E-state index contributed by atoms with van der Waals surface area (Å²) in [7, 11) is 0. The van der Waals surface area contributed by atoms with Gasteiger partial charge in [0.1, 0.15) is 17.9 Å². The van der Waals surface area contributed by atoms with Crippen LogP contribution >= 0.6 is 0 Å². The summed E-state index contributed by atoms with van der Waals surface area (Å²) in [5.41, 5.74) is -1.88. The summed E-state index contributed by atoms with van der Waals surface area (Å²) in [5.74, 6) is -2.08. The summed E-state index contributed by atoms with van der Waals surface area (Å²) in [6.07, 6.45) is -2.81. The third-order valence-corrected chi connectivity index (χ3v) is 3.96. The molecule has 0 aliphatic rings. The number of ether oxygens (including phenoxy) is 1. The first kappa shape index (κ1) is 22.1. The SMILES string of the molecule is CC(NC(=O)c1cc(OC(F)F)cc(C(F)(F)F)c1)c1ncnn1-c1ccc(F)cn1. The molecule has 3 aromatic rings. The van der Waals surface area contributed by atoms with Gasteiger partial charge in [0.2, 0.25) is 0 Å². The predicted octanol–water partition coefficient (Wildman–Crippen LogP) is 3.91. The average molecular weight is 445 g/mol. The first-order valence-corrected chi connectivity index (χ1v) is 8.54. The summed E-state index contributed by atoms with van der Waals surface area (Å²) >= 11 is 0. The molecule has 0 spiro atoms. The smallest absolute Gasteiger partial charge is 0.416 e. The van der Waals surface area contributed by atoms with E-state index in [9.17, 15) is 31.1 Å². The third-order valence-electron chi connectivity index (χ3n) is 3.96. The van der Waals surface area contributed by atoms with Gasteiger partial charge in [-0.1, -0.05) is 0 Å². The molecule has 0 aliphatic heterocycles. The van der Waals surface area contributed by atoms with Crippen molar-refractivity contribution in [3.8, 4) is 11.6 Å². The van der Waals surface area contributed by atoms with Crippen LogP contribution in [0.5, 0.6) is 5.75 Å². The second-order valence-electron chi connectivity index (χ2n) is 6.18. The lowest BCUT2D eigenvalue weighted by Gasteiger charge is -2.16. The van der Waals surface area contributed by atoms with Crippen LogP contribution in [0.1, 0.15) is 34.7 Å². The minimum atomic E-state index is -4.89. The van der Waals surface area contributed by atoms with Crippen LogP contribution in [0.3, 0.4) is 0 Å². The lowest BCUT2D eigenvalue weighted by atomic mass is 10.1. The monoisotopic (exact) mass is 445 g/mol. The second kappa shape index (κ2) is 8.62. The number of carbonyl (C=O) groups is 1. The molecular weight excluding hydrogens is 432 g/mol. The summed E-state index contributed by atoms with van der Waals surface area (Å²) in [4.78, 5) is 20.3. The third kappa shape index (κ3) is 5.29. The first-order chi connectivity index (χ1) is 14.5. The Balaban J connectivity index is 1.86. The van der Waals surface area contributed by atoms with E-state index in [1.807, 2.05) is 0 Å². The Morgan fingerprint density at radius 3 is 2.52 bits per heavy atom. The zero-order valence-electron chi connectivity index (χ0n) is 15.6. The van der Waals surface area contributed by atoms with Gasteiger partial charge in [0.15, 0.2) is 11.6 Å². The van der Waals surface area contributed by atoms with Crippen LogP contribution in [-0.4, -0.2) is 32.3 Å². The van der Waals surface area contributed by atoms with E-state index in [0.717, 1.165) is 24.7 Å². The number of hydrogen-bond acceptors (Lipinski definition) is 5. The van der Waals surface area contributed by atoms with Gasteiger partial charge in [-0.3, -0.25) is 4.79 Å². The molecule has 1 aromatic carbocycles. The average Bonchev–Trinajstić information content (AvgIpc) is 3.17. The summed E-state index contributed by atoms with van der Waals surface area (Å²) in [5, 5.41) is 6.33. The van der Waals surface area contributed by atoms with Gasteiger partial charge in [-0.15, -0.1) is 0 Å². The van der Waals surface area contributed by atoms with Crippen molar-refractivity contribution in [2.75, 3.05) is 0 Å². The van der Waals surface area contributed by atoms with Crippen molar-refractivity contribution in [1.29, 1.82) is 0 Å². The van der Waals surface area contributed by atoms with E-state index in [1.165, 1.54) is 17.7 Å². The van der Waals surface area contributed by atoms with Gasteiger partial charge in [-0.2, -0.15) is 31.7 Å². The van der Waals surface area contributed by atoms with Gasteiger partial charge >= 0.3 is 12.8 Å². The van der Waals surface area contributed by atoms with Crippen LogP contribution in [0, 0.1) is 5.82 Å². The molecule has 31 heavy (non-hydrogen) atoms. The molecule has 1 unspecified atom stereocenters. The molecule has 1 atom stereocenters. The standard InChI is InChI=1S/C18H13F6N5O2/c1-9(15-26-8-27-29(15)14-3-2-12(19)7-25-14)28-16(30)10-4-11(18(22,23)24)6-13(5-10)31-17(20)21/h2-9,17H,1H3,(H,28,30). The van der Waals surface area contributed by atoms with E-state index in [2.05, 4.69) is 25.1 Å². The van der Waals surface area contributed by atoms with Crippen LogP contribution in [0.15, 0.2) is 42.9 Å². The number of amides is 1. The number of carbonyl (C=O) groups excluding carboxylic acids is 1. The maximum absolute atomic E-state index is 13.1. The van der Waals surface area contributed by atoms with Crippen LogP contribution < -0.4 is 10.1 Å². The Labute approximate surface area is 170 Å². The van der Waals surface area contributed by atoms with E-state index in [1.54, 1.807) is 0 Å². The van der Waals surface area contributed by atoms with Gasteiger partial charge in [0.25, 0.3) is 5.91 Å². The van der Waals surface area contributed by atoms with Crippen LogP contribution in [0.4, 0.5) is 26.3 Å². The number of hydrogen-bond donors (Lipinski definition) is 1. The molecule has 0 fully saturated rings. The van der Waals surface area contributed by atoms with Crippen molar-refractivity contribution in [3.63, 3.8) is 0 Å². The van der Waals surface area contributed by atoms with E-state index >= 15 is 0 Å². The van der Waals surface area contributed by atoms with E-state index in [4.69, 9.17) is 0 Å². The molecule has 164 valence electrons. The van der Waals surface area contributed by atoms with Crippen molar-refractivity contribution in [3.05, 3.63) is 65.6 Å². The van der Waals surface area contributed by atoms with E-state index in [-0.39, 0.29) is 11.6 Å². The number of benzene rings is 1. The molecule has 0 saturated carbocycles. The highest BCUT2D eigenvalue weighted by atomic mass is 19.4. The summed E-state index contributed by atoms with van der Waals surface area (Å²) in [6.45, 7) is -1.91. The molecule has 2 aromatic heterocycles. The Kier molecular flexibility index (Phi) is 6.13. The summed E-state index contributed by atoms with van der Waals surface area (Å²) < 4.78 is 82.4. The molecule has 0 saturated heterocycles. The quantitative estimate of drug-likeness (QED) is 0.582. The van der Waals surface area contributed by atoms with Crippen molar-refractivity contribution in [2.45, 2.75) is 25.8 Å². The van der Waals surface area contributed by atoms with Crippen LogP contribution in [-0.2, 0) is 6.18 Å². The highest BCUT2D eigenvalue weighted by molar-refractivity contribution is 5.95. The highest BCUT2D eigenvalue weighted by Gasteiger charge is 2.32. The fourth-order valence-corrected chi connectivity index (χ4v) is 2.62. The lowest BCUT2D eigenvalue weighted by Crippen LogP contribution is -2.29. The number of nitrogens with one attached hydrogen (secondary N) is 1. The molecule has 0 radical (unpaired) electrons. The summed E-state index contributed by atoms with van der Waals surface area (Å²) in [6, 6.07) is 3.18. The van der Waals surface area contributed by atoms with Crippen molar-refractivity contribution >= 4 is 5.91 Å². The molecule has 0 bridgehead atoms. The van der Waals surface area contributed by atoms with Gasteiger partial charge in [0.05, 0.1) is 17.8 Å². The molecular formula is C18H13F6N5O2. The zero-order valence-corrected chi connectivity index (χ0v) is 15.6. The fraction of sp³-hybridized carbons (Fsp3) is 0.222. The maximum Gasteiger partial charge on any atom is 0.416 e. The number of halogens is 6. The molecule has 3 rings (SSSR count). The number of pyridine rings is 1. The molecule has 0 aliphatic carbocycles. The Hall–Kier alpha value is -3.64. The highest BCUT2D eigenvalue weighted by Crippen LogP contribution is 2.33. The maximum atomic E-state index is 13.1. The van der Waals surface area contributed by atoms with Crippen molar-refractivity contribution in [2.24, 2.45) is 0 Å². The number of rotatable bonds is 6. The Morgan fingerprint density at radius 1 is 1.16 bits per heavy atom. The predicted molar refractivity (Wildman–Crippen MR) is 93.1 cm³/mol. The first-order valence-electron chi connectivity index (χ1n) is 8.54. The number of nitrogens with zero attached hydrogens (tertiary/aromatic N) is 4. The largest absolute Gasteiger partial charge is 0.435 e. The molecule has 1 amide bonds. The normalized spacial score (nSPS) is 12.6. The minimum Gasteiger partial charge on any atom is -0.435 e. The fourth-order valence-electron chi connectivity index (χ4n) is 2.62. The van der Waals surface area contributed by atoms with Crippen LogP contribution in [0.2, 0.25) is 0 Å². The minimum absolute atomic E-state index is 0.142.